The summed E-state index contributed by atoms with van der Waals surface area (Å²) in [7, 11) is -5.08. The van der Waals surface area contributed by atoms with Crippen LogP contribution in [0.3, 0.4) is 0 Å². The first kappa shape index (κ1) is 75.6. The highest BCUT2D eigenvalue weighted by Gasteiger charge is 2.48. The molecule has 79 heavy (non-hydrogen) atoms. The number of rotatable bonds is 60. The molecule has 0 aromatic carbocycles. The molecule has 0 saturated carbocycles. The molecule has 12 nitrogen and oxygen atoms in total. The SMILES string of the molecule is CCCCCCCCCCCCC/C=C\C/C=C\CCCCCCCCCCCCCCCCCCCC(=O)NC(COC1OC(CO)C(O)C(OS(=O)(=O)O)C1O)C(O)CCCCCCCCCCCCCCCCCCC. The average molecular weight is 1140 g/mol. The fourth-order valence-electron chi connectivity index (χ4n) is 11.1. The molecule has 0 spiro atoms. The van der Waals surface area contributed by atoms with Crippen molar-refractivity contribution in [3.05, 3.63) is 24.3 Å². The molecular weight excluding hydrogens is 1010 g/mol. The number of carbonyl (C=O) groups excluding carboxylic acids is 1. The van der Waals surface area contributed by atoms with Crippen molar-refractivity contribution in [2.24, 2.45) is 0 Å². The Morgan fingerprint density at radius 1 is 0.506 bits per heavy atom. The summed E-state index contributed by atoms with van der Waals surface area (Å²) in [6.45, 7) is 3.50. The Morgan fingerprint density at radius 3 is 1.20 bits per heavy atom. The molecule has 1 aliphatic heterocycles. The Kier molecular flexibility index (Phi) is 53.3. The summed E-state index contributed by atoms with van der Waals surface area (Å²) in [4.78, 5) is 13.2. The molecule has 1 saturated heterocycles. The van der Waals surface area contributed by atoms with E-state index in [4.69, 9.17) is 9.47 Å². The predicted molar refractivity (Wildman–Crippen MR) is 329 cm³/mol. The predicted octanol–water partition coefficient (Wildman–Crippen LogP) is 17.1. The van der Waals surface area contributed by atoms with Gasteiger partial charge in [0.25, 0.3) is 0 Å². The summed E-state index contributed by atoms with van der Waals surface area (Å²) >= 11 is 0. The molecule has 1 fully saturated rings. The summed E-state index contributed by atoms with van der Waals surface area (Å²) in [5, 5.41) is 45.2. The van der Waals surface area contributed by atoms with Gasteiger partial charge in [-0.2, -0.15) is 8.42 Å². The quantitative estimate of drug-likeness (QED) is 0.0193. The number of nitrogens with one attached hydrogen (secondary N) is 1. The molecule has 0 bridgehead atoms. The minimum atomic E-state index is -5.08. The van der Waals surface area contributed by atoms with Crippen molar-refractivity contribution in [1.82, 2.24) is 5.32 Å². The highest BCUT2D eigenvalue weighted by atomic mass is 32.3. The Balaban J connectivity index is 2.19. The van der Waals surface area contributed by atoms with Crippen molar-refractivity contribution in [3.8, 4) is 0 Å². The first-order chi connectivity index (χ1) is 38.5. The number of hydrogen-bond donors (Lipinski definition) is 6. The molecular formula is C66H127NO11S. The zero-order valence-corrected chi connectivity index (χ0v) is 52.0. The second-order valence-electron chi connectivity index (χ2n) is 23.8. The van der Waals surface area contributed by atoms with E-state index in [1.165, 1.54) is 250 Å². The first-order valence-electron chi connectivity index (χ1n) is 33.7. The molecule has 7 atom stereocenters. The van der Waals surface area contributed by atoms with E-state index in [0.29, 0.717) is 12.8 Å². The van der Waals surface area contributed by atoms with Crippen LogP contribution in [0.1, 0.15) is 335 Å². The maximum absolute atomic E-state index is 13.2. The van der Waals surface area contributed by atoms with Crippen LogP contribution >= 0.6 is 0 Å². The monoisotopic (exact) mass is 1140 g/mol. The van der Waals surface area contributed by atoms with Crippen LogP contribution in [0, 0.1) is 0 Å². The Bertz CT molecular complexity index is 1480. The van der Waals surface area contributed by atoms with Crippen LogP contribution in [0.15, 0.2) is 24.3 Å². The van der Waals surface area contributed by atoms with Gasteiger partial charge in [-0.05, 0) is 44.9 Å². The highest BCUT2D eigenvalue weighted by Crippen LogP contribution is 2.26. The summed E-state index contributed by atoms with van der Waals surface area (Å²) in [5.74, 6) is -0.224. The minimum Gasteiger partial charge on any atom is -0.394 e. The van der Waals surface area contributed by atoms with Gasteiger partial charge >= 0.3 is 10.4 Å². The molecule has 7 unspecified atom stereocenters. The number of unbranched alkanes of at least 4 members (excludes halogenated alkanes) is 44. The molecule has 1 rings (SSSR count). The topological polar surface area (TPSA) is 192 Å². The molecule has 13 heteroatoms. The summed E-state index contributed by atoms with van der Waals surface area (Å²) < 4.78 is 48.0. The molecule has 0 radical (unpaired) electrons. The van der Waals surface area contributed by atoms with Gasteiger partial charge in [0, 0.05) is 6.42 Å². The largest absolute Gasteiger partial charge is 0.397 e. The van der Waals surface area contributed by atoms with Gasteiger partial charge in [0.2, 0.25) is 5.91 Å². The number of allylic oxidation sites excluding steroid dienone is 4. The van der Waals surface area contributed by atoms with Gasteiger partial charge in [-0.15, -0.1) is 0 Å². The average Bonchev–Trinajstić information content (AvgIpc) is 3.45. The Hall–Kier alpha value is -1.42. The van der Waals surface area contributed by atoms with Crippen molar-refractivity contribution in [1.29, 1.82) is 0 Å². The molecule has 468 valence electrons. The van der Waals surface area contributed by atoms with Gasteiger partial charge in [0.15, 0.2) is 6.29 Å². The van der Waals surface area contributed by atoms with Crippen molar-refractivity contribution in [3.63, 3.8) is 0 Å². The van der Waals surface area contributed by atoms with E-state index >= 15 is 0 Å². The zero-order valence-electron chi connectivity index (χ0n) is 51.2. The molecule has 0 aromatic heterocycles. The third kappa shape index (κ3) is 47.6. The standard InChI is InChI=1S/C66H127NO11S/c1-3-5-7-9-11-13-15-17-19-21-22-23-24-25-26-27-28-29-30-31-32-33-34-35-36-37-38-40-42-44-46-48-50-52-54-56-62(70)67-59(58-76-66-64(72)65(78-79(73,74)75)63(71)61(57-68)77-66)60(69)55-53-51-49-47-45-43-41-39-20-18-16-14-12-10-8-6-4-2/h24-25,27-28,59-61,63-66,68-69,71-72H,3-23,26,29-58H2,1-2H3,(H,67,70)(H,73,74,75)/b25-24-,28-27-. The van der Waals surface area contributed by atoms with E-state index in [9.17, 15) is 38.2 Å². The van der Waals surface area contributed by atoms with E-state index in [2.05, 4.69) is 47.7 Å². The van der Waals surface area contributed by atoms with Crippen molar-refractivity contribution < 1.29 is 51.8 Å². The zero-order chi connectivity index (χ0) is 57.5. The number of amides is 1. The summed E-state index contributed by atoms with van der Waals surface area (Å²) in [6.07, 6.45) is 62.1. The van der Waals surface area contributed by atoms with Crippen LogP contribution in [-0.4, -0.2) is 95.4 Å². The fraction of sp³-hybridized carbons (Fsp3) is 0.924. The lowest BCUT2D eigenvalue weighted by atomic mass is 9.99. The van der Waals surface area contributed by atoms with Gasteiger partial charge < -0.3 is 35.2 Å². The van der Waals surface area contributed by atoms with E-state index < -0.39 is 59.9 Å². The second kappa shape index (κ2) is 55.8. The fourth-order valence-corrected chi connectivity index (χ4v) is 11.6. The minimum absolute atomic E-state index is 0.224. The highest BCUT2D eigenvalue weighted by molar-refractivity contribution is 7.80. The summed E-state index contributed by atoms with van der Waals surface area (Å²) in [6, 6.07) is -0.857. The van der Waals surface area contributed by atoms with Gasteiger partial charge in [-0.3, -0.25) is 9.35 Å². The number of carbonyl (C=O) groups is 1. The number of aliphatic hydroxyl groups is 4. The van der Waals surface area contributed by atoms with Crippen LogP contribution in [0.2, 0.25) is 0 Å². The van der Waals surface area contributed by atoms with Crippen LogP contribution in [0.5, 0.6) is 0 Å². The van der Waals surface area contributed by atoms with Gasteiger partial charge in [0.05, 0.1) is 25.4 Å². The molecule has 0 aromatic rings. The van der Waals surface area contributed by atoms with Crippen LogP contribution < -0.4 is 5.32 Å². The lowest BCUT2D eigenvalue weighted by molar-refractivity contribution is -0.298. The van der Waals surface area contributed by atoms with E-state index in [1.807, 2.05) is 0 Å². The summed E-state index contributed by atoms with van der Waals surface area (Å²) in [5.41, 5.74) is 0. The molecule has 1 aliphatic rings. The van der Waals surface area contributed by atoms with Crippen molar-refractivity contribution >= 4 is 16.3 Å². The van der Waals surface area contributed by atoms with Crippen molar-refractivity contribution in [2.45, 2.75) is 378 Å². The van der Waals surface area contributed by atoms with Crippen LogP contribution in [0.25, 0.3) is 0 Å². The van der Waals surface area contributed by atoms with Crippen molar-refractivity contribution in [2.75, 3.05) is 13.2 Å². The Labute approximate surface area is 486 Å². The van der Waals surface area contributed by atoms with E-state index in [0.717, 1.165) is 57.8 Å². The lowest BCUT2D eigenvalue weighted by Gasteiger charge is -2.41. The molecule has 6 N–H and O–H groups in total. The smallest absolute Gasteiger partial charge is 0.394 e. The molecule has 1 heterocycles. The van der Waals surface area contributed by atoms with Gasteiger partial charge in [-0.1, -0.05) is 308 Å². The van der Waals surface area contributed by atoms with Crippen LogP contribution in [-0.2, 0) is 28.9 Å². The van der Waals surface area contributed by atoms with E-state index in [-0.39, 0.29) is 12.5 Å². The molecule has 1 amide bonds. The lowest BCUT2D eigenvalue weighted by Crippen LogP contribution is -2.61. The number of ether oxygens (including phenoxy) is 2. The Morgan fingerprint density at radius 2 is 0.848 bits per heavy atom. The third-order valence-electron chi connectivity index (χ3n) is 16.3. The maximum atomic E-state index is 13.2. The molecule has 0 aliphatic carbocycles. The maximum Gasteiger partial charge on any atom is 0.397 e. The van der Waals surface area contributed by atoms with Gasteiger partial charge in [-0.25, -0.2) is 4.18 Å². The third-order valence-corrected chi connectivity index (χ3v) is 16.7. The van der Waals surface area contributed by atoms with Gasteiger partial charge in [0.1, 0.15) is 24.4 Å². The normalized spacial score (nSPS) is 18.8. The van der Waals surface area contributed by atoms with E-state index in [1.54, 1.807) is 0 Å². The first-order valence-corrected chi connectivity index (χ1v) is 35.1. The second-order valence-corrected chi connectivity index (χ2v) is 24.8. The van der Waals surface area contributed by atoms with Crippen LogP contribution in [0.4, 0.5) is 0 Å². The number of hydrogen-bond acceptors (Lipinski definition) is 10. The number of aliphatic hydroxyl groups excluding tert-OH is 4.